The average molecular weight is 505 g/mol. The van der Waals surface area contributed by atoms with Crippen LogP contribution in [0.1, 0.15) is 67.4 Å². The van der Waals surface area contributed by atoms with Crippen LogP contribution in [0.4, 0.5) is 0 Å². The van der Waals surface area contributed by atoms with E-state index in [2.05, 4.69) is 0 Å². The Labute approximate surface area is 208 Å². The van der Waals surface area contributed by atoms with Crippen molar-refractivity contribution in [3.8, 4) is 11.5 Å². The third kappa shape index (κ3) is 3.58. The molecule has 0 bridgehead atoms. The van der Waals surface area contributed by atoms with Gasteiger partial charge in [0.1, 0.15) is 31.0 Å². The van der Waals surface area contributed by atoms with Crippen molar-refractivity contribution >= 4 is 11.8 Å². The lowest BCUT2D eigenvalue weighted by molar-refractivity contribution is -0.277. The van der Waals surface area contributed by atoms with Crippen LogP contribution in [0.2, 0.25) is 0 Å². The molecule has 10 nitrogen and oxygen atoms in total. The number of carbonyl (C=O) groups excluding carboxylic acids is 2. The van der Waals surface area contributed by atoms with Gasteiger partial charge in [0.25, 0.3) is 0 Å². The molecule has 0 amide bonds. The first kappa shape index (κ1) is 25.2. The number of phenols is 1. The Balaban J connectivity index is 1.66. The lowest BCUT2D eigenvalue weighted by Crippen LogP contribution is -2.60. The van der Waals surface area contributed by atoms with E-state index in [1.165, 1.54) is 0 Å². The number of esters is 1. The minimum atomic E-state index is -1.69. The summed E-state index contributed by atoms with van der Waals surface area (Å²) in [6.07, 6.45) is -6.54. The first-order valence-corrected chi connectivity index (χ1v) is 12.3. The van der Waals surface area contributed by atoms with Crippen molar-refractivity contribution in [2.75, 3.05) is 13.2 Å². The minimum absolute atomic E-state index is 0.0460. The third-order valence-corrected chi connectivity index (χ3v) is 8.33. The van der Waals surface area contributed by atoms with Gasteiger partial charge in [-0.15, -0.1) is 0 Å². The monoisotopic (exact) mass is 504 g/mol. The number of phenolic OH excluding ortho intramolecular Hbond substituents is 1. The van der Waals surface area contributed by atoms with Crippen LogP contribution in [0.25, 0.3) is 0 Å². The molecule has 36 heavy (non-hydrogen) atoms. The number of hydrogen-bond acceptors (Lipinski definition) is 10. The van der Waals surface area contributed by atoms with Crippen LogP contribution < -0.4 is 4.74 Å². The summed E-state index contributed by atoms with van der Waals surface area (Å²) in [6, 6.07) is 1.68. The Morgan fingerprint density at radius 3 is 2.56 bits per heavy atom. The van der Waals surface area contributed by atoms with Crippen molar-refractivity contribution in [2.45, 2.75) is 82.1 Å². The van der Waals surface area contributed by atoms with Crippen LogP contribution in [0.15, 0.2) is 17.2 Å². The molecular formula is C26H32O10. The molecule has 1 saturated heterocycles. The SMILES string of the molecule is CC(C)c1cc2c(c(O[C@@H]3O[C@H](CO)[C@@H](O)[C@H](O)[C@H]3O)c1O)[C@@]1(C)CCC3=C(COC3=O)[C@@H]1CC2=O. The fourth-order valence-corrected chi connectivity index (χ4v) is 6.20. The molecule has 0 saturated carbocycles. The number of benzene rings is 1. The maximum absolute atomic E-state index is 13.5. The van der Waals surface area contributed by atoms with Crippen molar-refractivity contribution in [2.24, 2.45) is 5.92 Å². The van der Waals surface area contributed by atoms with Crippen molar-refractivity contribution in [1.29, 1.82) is 0 Å². The lowest BCUT2D eigenvalue weighted by atomic mass is 9.56. The number of aromatic hydroxyl groups is 1. The number of rotatable bonds is 4. The van der Waals surface area contributed by atoms with Gasteiger partial charge < -0.3 is 39.7 Å². The summed E-state index contributed by atoms with van der Waals surface area (Å²) in [5, 5.41) is 52.0. The van der Waals surface area contributed by atoms with Gasteiger partial charge in [-0.05, 0) is 30.4 Å². The number of hydrogen-bond donors (Lipinski definition) is 5. The van der Waals surface area contributed by atoms with Gasteiger partial charge >= 0.3 is 5.97 Å². The smallest absolute Gasteiger partial charge is 0.334 e. The summed E-state index contributed by atoms with van der Waals surface area (Å²) >= 11 is 0. The van der Waals surface area contributed by atoms with Crippen LogP contribution in [-0.4, -0.2) is 81.2 Å². The number of fused-ring (bicyclic) bond motifs is 4. The number of ether oxygens (including phenoxy) is 3. The number of cyclic esters (lactones) is 1. The maximum atomic E-state index is 13.5. The van der Waals surface area contributed by atoms with E-state index in [4.69, 9.17) is 14.2 Å². The van der Waals surface area contributed by atoms with E-state index in [0.29, 0.717) is 35.1 Å². The van der Waals surface area contributed by atoms with E-state index in [1.807, 2.05) is 20.8 Å². The zero-order valence-corrected chi connectivity index (χ0v) is 20.4. The Hall–Kier alpha value is -2.50. The quantitative estimate of drug-likeness (QED) is 0.371. The highest BCUT2D eigenvalue weighted by Gasteiger charge is 2.53. The molecule has 0 radical (unpaired) electrons. The molecule has 0 spiro atoms. The van der Waals surface area contributed by atoms with E-state index in [-0.39, 0.29) is 48.1 Å². The molecule has 0 unspecified atom stereocenters. The molecule has 2 aliphatic carbocycles. The predicted octanol–water partition coefficient (Wildman–Crippen LogP) is 0.802. The second-order valence-electron chi connectivity index (χ2n) is 10.7. The van der Waals surface area contributed by atoms with Crippen LogP contribution >= 0.6 is 0 Å². The molecule has 2 aliphatic heterocycles. The van der Waals surface area contributed by atoms with Crippen LogP contribution in [0.5, 0.6) is 11.5 Å². The lowest BCUT2D eigenvalue weighted by Gasteiger charge is -2.47. The second kappa shape index (κ2) is 8.81. The van der Waals surface area contributed by atoms with E-state index >= 15 is 0 Å². The highest BCUT2D eigenvalue weighted by atomic mass is 16.7. The van der Waals surface area contributed by atoms with Crippen molar-refractivity contribution in [3.05, 3.63) is 33.9 Å². The highest BCUT2D eigenvalue weighted by Crippen LogP contribution is 2.58. The molecular weight excluding hydrogens is 472 g/mol. The van der Waals surface area contributed by atoms with Crippen LogP contribution in [0.3, 0.4) is 0 Å². The third-order valence-electron chi connectivity index (χ3n) is 8.33. The van der Waals surface area contributed by atoms with Gasteiger partial charge in [0.05, 0.1) is 6.61 Å². The zero-order valence-electron chi connectivity index (χ0n) is 20.4. The van der Waals surface area contributed by atoms with Crippen molar-refractivity contribution in [1.82, 2.24) is 0 Å². The summed E-state index contributed by atoms with van der Waals surface area (Å²) in [6.45, 7) is 5.16. The predicted molar refractivity (Wildman–Crippen MR) is 124 cm³/mol. The Morgan fingerprint density at radius 2 is 1.89 bits per heavy atom. The fourth-order valence-electron chi connectivity index (χ4n) is 6.20. The van der Waals surface area contributed by atoms with Gasteiger partial charge in [0, 0.05) is 40.0 Å². The van der Waals surface area contributed by atoms with Gasteiger partial charge in [-0.25, -0.2) is 4.79 Å². The summed E-state index contributed by atoms with van der Waals surface area (Å²) in [7, 11) is 0. The van der Waals surface area contributed by atoms with Crippen molar-refractivity contribution < 1.29 is 49.3 Å². The molecule has 1 aromatic rings. The minimum Gasteiger partial charge on any atom is -0.504 e. The molecule has 10 heteroatoms. The normalized spacial score (nSPS) is 35.9. The van der Waals surface area contributed by atoms with Gasteiger partial charge in [-0.2, -0.15) is 0 Å². The maximum Gasteiger partial charge on any atom is 0.334 e. The molecule has 7 atom stereocenters. The zero-order chi connectivity index (χ0) is 26.1. The number of aliphatic hydroxyl groups is 4. The Morgan fingerprint density at radius 1 is 1.17 bits per heavy atom. The molecule has 1 fully saturated rings. The van der Waals surface area contributed by atoms with E-state index in [9.17, 15) is 35.1 Å². The van der Waals surface area contributed by atoms with E-state index in [0.717, 1.165) is 5.57 Å². The topological polar surface area (TPSA) is 163 Å². The second-order valence-corrected chi connectivity index (χ2v) is 10.7. The first-order valence-electron chi connectivity index (χ1n) is 12.3. The van der Waals surface area contributed by atoms with Gasteiger partial charge in [-0.3, -0.25) is 4.79 Å². The number of ketones is 1. The molecule has 5 rings (SSSR count). The average Bonchev–Trinajstić information content (AvgIpc) is 3.21. The van der Waals surface area contributed by atoms with Crippen molar-refractivity contribution in [3.63, 3.8) is 0 Å². The van der Waals surface area contributed by atoms with E-state index < -0.39 is 42.7 Å². The number of Topliss-reactive ketones (excluding diaryl/α,β-unsaturated/α-hetero) is 1. The standard InChI is InChI=1S/C26H32O10/c1-10(2)12-6-13-16(28)7-15-14-9-34-24(33)11(14)4-5-26(15,3)18(13)23(19(12)29)36-25-22(32)21(31)20(30)17(8-27)35-25/h6,10,15,17,20-22,25,27,29-32H,4-5,7-9H2,1-3H3/t15-,17+,20+,21-,22+,25-,26-/m0/s1. The number of aliphatic hydroxyl groups excluding tert-OH is 4. The molecule has 1 aromatic carbocycles. The Bertz CT molecular complexity index is 1140. The summed E-state index contributed by atoms with van der Waals surface area (Å²) < 4.78 is 16.9. The largest absolute Gasteiger partial charge is 0.504 e. The molecule has 196 valence electrons. The van der Waals surface area contributed by atoms with Crippen LogP contribution in [0, 0.1) is 5.92 Å². The molecule has 5 N–H and O–H groups in total. The molecule has 4 aliphatic rings. The number of carbonyl (C=O) groups is 2. The Kier molecular flexibility index (Phi) is 6.16. The van der Waals surface area contributed by atoms with Gasteiger partial charge in [-0.1, -0.05) is 20.8 Å². The van der Waals surface area contributed by atoms with Gasteiger partial charge in [0.2, 0.25) is 6.29 Å². The highest BCUT2D eigenvalue weighted by molar-refractivity contribution is 6.02. The molecule has 2 heterocycles. The molecule has 0 aromatic heterocycles. The fraction of sp³-hybridized carbons (Fsp3) is 0.615. The van der Waals surface area contributed by atoms with E-state index in [1.54, 1.807) is 6.07 Å². The summed E-state index contributed by atoms with van der Waals surface area (Å²) in [5.74, 6) is -1.30. The summed E-state index contributed by atoms with van der Waals surface area (Å²) in [5.41, 5.74) is 2.01. The first-order chi connectivity index (χ1) is 17.0. The van der Waals surface area contributed by atoms with Gasteiger partial charge in [0.15, 0.2) is 17.3 Å². The van der Waals surface area contributed by atoms with Crippen LogP contribution in [-0.2, 0) is 19.7 Å². The summed E-state index contributed by atoms with van der Waals surface area (Å²) in [4.78, 5) is 25.7.